The van der Waals surface area contributed by atoms with Crippen LogP contribution in [0.5, 0.6) is 11.6 Å². The van der Waals surface area contributed by atoms with Crippen molar-refractivity contribution in [1.29, 1.82) is 0 Å². The van der Waals surface area contributed by atoms with Crippen LogP contribution in [-0.4, -0.2) is 43.4 Å². The van der Waals surface area contributed by atoms with E-state index < -0.39 is 0 Å². The second kappa shape index (κ2) is 9.87. The minimum absolute atomic E-state index is 0.0708. The minimum Gasteiger partial charge on any atom is -0.437 e. The summed E-state index contributed by atoms with van der Waals surface area (Å²) in [6, 6.07) is 15.7. The molecule has 0 bridgehead atoms. The van der Waals surface area contributed by atoms with Gasteiger partial charge in [-0.2, -0.15) is 0 Å². The number of carbonyl (C=O) groups is 1. The van der Waals surface area contributed by atoms with Gasteiger partial charge in [0.1, 0.15) is 11.4 Å². The lowest BCUT2D eigenvalue weighted by atomic mass is 9.93. The van der Waals surface area contributed by atoms with Crippen LogP contribution < -0.4 is 4.74 Å². The molecular formula is C27H27N5O2. The molecule has 7 nitrogen and oxygen atoms in total. The van der Waals surface area contributed by atoms with E-state index in [9.17, 15) is 4.79 Å². The highest BCUT2D eigenvalue weighted by atomic mass is 16.5. The van der Waals surface area contributed by atoms with Gasteiger partial charge in [-0.25, -0.2) is 9.97 Å². The molecule has 0 spiro atoms. The van der Waals surface area contributed by atoms with Crippen molar-refractivity contribution in [3.05, 3.63) is 102 Å². The van der Waals surface area contributed by atoms with Crippen molar-refractivity contribution in [2.75, 3.05) is 13.1 Å². The lowest BCUT2D eigenvalue weighted by Crippen LogP contribution is -2.38. The number of imidazole rings is 1. The molecule has 0 aliphatic carbocycles. The molecule has 0 saturated carbocycles. The van der Waals surface area contributed by atoms with E-state index in [4.69, 9.17) is 4.74 Å². The van der Waals surface area contributed by atoms with Crippen molar-refractivity contribution in [2.45, 2.75) is 32.2 Å². The Bertz CT molecular complexity index is 1260. The molecule has 5 rings (SSSR count). The van der Waals surface area contributed by atoms with Crippen LogP contribution in [0.2, 0.25) is 0 Å². The van der Waals surface area contributed by atoms with Crippen molar-refractivity contribution in [1.82, 2.24) is 24.4 Å². The van der Waals surface area contributed by atoms with Crippen LogP contribution in [0.25, 0.3) is 0 Å². The number of nitrogens with zero attached hydrogens (tertiary/aromatic N) is 5. The number of rotatable bonds is 6. The second-order valence-corrected chi connectivity index (χ2v) is 8.62. The molecule has 2 aromatic carbocycles. The maximum atomic E-state index is 13.2. The average molecular weight is 454 g/mol. The largest absolute Gasteiger partial charge is 0.437 e. The molecule has 1 saturated heterocycles. The van der Waals surface area contributed by atoms with Gasteiger partial charge in [0.05, 0.1) is 6.33 Å². The molecule has 0 N–H and O–H groups in total. The van der Waals surface area contributed by atoms with Crippen molar-refractivity contribution >= 4 is 5.91 Å². The minimum atomic E-state index is 0.0708. The quantitative estimate of drug-likeness (QED) is 0.418. The molecule has 4 aromatic rings. The predicted molar refractivity (Wildman–Crippen MR) is 129 cm³/mol. The van der Waals surface area contributed by atoms with Gasteiger partial charge in [-0.15, -0.1) is 0 Å². The van der Waals surface area contributed by atoms with Crippen molar-refractivity contribution < 1.29 is 9.53 Å². The third-order valence-electron chi connectivity index (χ3n) is 6.26. The Balaban J connectivity index is 1.25. The SMILES string of the molecule is Cc1ccccc1Oc1nccnc1C1CCN(C(=O)c2cccc(Cn3ccnc3)c2)CC1. The van der Waals surface area contributed by atoms with E-state index in [1.54, 1.807) is 24.9 Å². The van der Waals surface area contributed by atoms with Gasteiger partial charge in [-0.05, 0) is 49.1 Å². The summed E-state index contributed by atoms with van der Waals surface area (Å²) < 4.78 is 8.13. The molecule has 34 heavy (non-hydrogen) atoms. The van der Waals surface area contributed by atoms with E-state index in [-0.39, 0.29) is 11.8 Å². The summed E-state index contributed by atoms with van der Waals surface area (Å²) in [6.45, 7) is 4.06. The summed E-state index contributed by atoms with van der Waals surface area (Å²) in [7, 11) is 0. The Morgan fingerprint density at radius 1 is 1.03 bits per heavy atom. The topological polar surface area (TPSA) is 73.1 Å². The average Bonchev–Trinajstić information content (AvgIpc) is 3.39. The molecule has 0 atom stereocenters. The van der Waals surface area contributed by atoms with Gasteiger partial charge in [-0.1, -0.05) is 30.3 Å². The zero-order chi connectivity index (χ0) is 23.3. The summed E-state index contributed by atoms with van der Waals surface area (Å²) in [6.07, 6.45) is 10.5. The van der Waals surface area contributed by atoms with Crippen LogP contribution in [-0.2, 0) is 6.54 Å². The maximum Gasteiger partial charge on any atom is 0.253 e. The van der Waals surface area contributed by atoms with E-state index in [2.05, 4.69) is 15.0 Å². The number of para-hydroxylation sites is 1. The highest BCUT2D eigenvalue weighted by Crippen LogP contribution is 2.34. The second-order valence-electron chi connectivity index (χ2n) is 8.62. The van der Waals surface area contributed by atoms with E-state index in [0.29, 0.717) is 25.5 Å². The normalized spacial score (nSPS) is 14.2. The van der Waals surface area contributed by atoms with E-state index in [1.807, 2.05) is 71.1 Å². The molecule has 7 heteroatoms. The number of aromatic nitrogens is 4. The highest BCUT2D eigenvalue weighted by Gasteiger charge is 2.28. The van der Waals surface area contributed by atoms with Crippen LogP contribution in [0.3, 0.4) is 0 Å². The van der Waals surface area contributed by atoms with E-state index in [1.165, 1.54) is 0 Å². The summed E-state index contributed by atoms with van der Waals surface area (Å²) in [5.41, 5.74) is 3.71. The Labute approximate surface area is 199 Å². The van der Waals surface area contributed by atoms with Gasteiger partial charge >= 0.3 is 0 Å². The monoisotopic (exact) mass is 453 g/mol. The molecule has 1 fully saturated rings. The molecule has 3 heterocycles. The number of benzene rings is 2. The van der Waals surface area contributed by atoms with Crippen molar-refractivity contribution in [2.24, 2.45) is 0 Å². The fourth-order valence-corrected chi connectivity index (χ4v) is 4.40. The number of carbonyl (C=O) groups excluding carboxylic acids is 1. The molecule has 1 aliphatic rings. The number of likely N-dealkylation sites (tertiary alicyclic amines) is 1. The van der Waals surface area contributed by atoms with Crippen LogP contribution in [0, 0.1) is 6.92 Å². The fourth-order valence-electron chi connectivity index (χ4n) is 4.40. The molecule has 172 valence electrons. The summed E-state index contributed by atoms with van der Waals surface area (Å²) in [5.74, 6) is 1.60. The Morgan fingerprint density at radius 2 is 1.85 bits per heavy atom. The van der Waals surface area contributed by atoms with Gasteiger partial charge < -0.3 is 14.2 Å². The zero-order valence-corrected chi connectivity index (χ0v) is 19.2. The molecule has 0 radical (unpaired) electrons. The molecule has 1 aliphatic heterocycles. The molecule has 0 unspecified atom stereocenters. The van der Waals surface area contributed by atoms with E-state index >= 15 is 0 Å². The van der Waals surface area contributed by atoms with Gasteiger partial charge in [-0.3, -0.25) is 9.78 Å². The lowest BCUT2D eigenvalue weighted by molar-refractivity contribution is 0.0711. The standard InChI is InChI=1S/C27H27N5O2/c1-20-5-2-3-8-24(20)34-26-25(29-11-12-30-26)22-9-14-32(15-10-22)27(33)23-7-4-6-21(17-23)18-31-16-13-28-19-31/h2-8,11-13,16-17,19,22H,9-10,14-15,18H2,1H3. The summed E-state index contributed by atoms with van der Waals surface area (Å²) >= 11 is 0. The first-order valence-electron chi connectivity index (χ1n) is 11.6. The van der Waals surface area contributed by atoms with Crippen molar-refractivity contribution in [3.8, 4) is 11.6 Å². The number of hydrogen-bond acceptors (Lipinski definition) is 5. The predicted octanol–water partition coefficient (Wildman–Crippen LogP) is 4.84. The molecular weight excluding hydrogens is 426 g/mol. The summed E-state index contributed by atoms with van der Waals surface area (Å²) in [4.78, 5) is 28.3. The molecule has 2 aromatic heterocycles. The van der Waals surface area contributed by atoms with Gasteiger partial charge in [0, 0.05) is 55.9 Å². The Kier molecular flexibility index (Phi) is 6.33. The summed E-state index contributed by atoms with van der Waals surface area (Å²) in [5, 5.41) is 0. The third-order valence-corrected chi connectivity index (χ3v) is 6.26. The van der Waals surface area contributed by atoms with E-state index in [0.717, 1.165) is 41.0 Å². The van der Waals surface area contributed by atoms with Crippen LogP contribution in [0.1, 0.15) is 45.9 Å². The number of aryl methyl sites for hydroxylation is 1. The Morgan fingerprint density at radius 3 is 2.65 bits per heavy atom. The van der Waals surface area contributed by atoms with Crippen LogP contribution >= 0.6 is 0 Å². The highest BCUT2D eigenvalue weighted by molar-refractivity contribution is 5.94. The van der Waals surface area contributed by atoms with Crippen LogP contribution in [0.4, 0.5) is 0 Å². The number of piperidine rings is 1. The maximum absolute atomic E-state index is 13.2. The Hall–Kier alpha value is -4.00. The van der Waals surface area contributed by atoms with Crippen LogP contribution in [0.15, 0.2) is 79.6 Å². The molecule has 1 amide bonds. The number of amides is 1. The van der Waals surface area contributed by atoms with Gasteiger partial charge in [0.2, 0.25) is 5.88 Å². The number of ether oxygens (including phenoxy) is 1. The van der Waals surface area contributed by atoms with Crippen molar-refractivity contribution in [3.63, 3.8) is 0 Å². The number of hydrogen-bond donors (Lipinski definition) is 0. The zero-order valence-electron chi connectivity index (χ0n) is 19.2. The first kappa shape index (κ1) is 21.8. The fraction of sp³-hybridized carbons (Fsp3) is 0.259. The van der Waals surface area contributed by atoms with Gasteiger partial charge in [0.25, 0.3) is 5.91 Å². The first-order chi connectivity index (χ1) is 16.7. The lowest BCUT2D eigenvalue weighted by Gasteiger charge is -2.32. The van der Waals surface area contributed by atoms with Gasteiger partial charge in [0.15, 0.2) is 0 Å². The third kappa shape index (κ3) is 4.83. The smallest absolute Gasteiger partial charge is 0.253 e. The first-order valence-corrected chi connectivity index (χ1v) is 11.6.